The third kappa shape index (κ3) is 4.00. The van der Waals surface area contributed by atoms with Gasteiger partial charge in [-0.3, -0.25) is 9.59 Å². The van der Waals surface area contributed by atoms with Crippen molar-refractivity contribution in [3.63, 3.8) is 0 Å². The lowest BCUT2D eigenvalue weighted by Gasteiger charge is -2.10. The second-order valence-corrected chi connectivity index (χ2v) is 5.88. The second kappa shape index (κ2) is 7.44. The minimum Gasteiger partial charge on any atom is -0.312 e. The van der Waals surface area contributed by atoms with Crippen LogP contribution < -0.4 is 11.0 Å². The molecule has 1 heterocycles. The van der Waals surface area contributed by atoms with E-state index in [1.807, 2.05) is 13.8 Å². The van der Waals surface area contributed by atoms with Crippen LogP contribution in [0.1, 0.15) is 35.8 Å². The molecule has 120 valence electrons. The number of rotatable bonds is 4. The zero-order valence-corrected chi connectivity index (χ0v) is 14.1. The van der Waals surface area contributed by atoms with E-state index in [4.69, 9.17) is 23.2 Å². The van der Waals surface area contributed by atoms with Gasteiger partial charge in [-0.1, -0.05) is 29.3 Å². The molecule has 1 aromatic carbocycles. The van der Waals surface area contributed by atoms with E-state index < -0.39 is 5.91 Å². The van der Waals surface area contributed by atoms with Gasteiger partial charge >= 0.3 is 0 Å². The van der Waals surface area contributed by atoms with Crippen molar-refractivity contribution in [3.8, 4) is 0 Å². The van der Waals surface area contributed by atoms with Crippen LogP contribution >= 0.6 is 23.2 Å². The molecule has 5 nitrogen and oxygen atoms in total. The summed E-state index contributed by atoms with van der Waals surface area (Å²) in [7, 11) is 0. The number of hydrogen-bond acceptors (Lipinski definition) is 3. The van der Waals surface area contributed by atoms with Gasteiger partial charge in [0.05, 0.1) is 16.3 Å². The lowest BCUT2D eigenvalue weighted by Crippen LogP contribution is -2.31. The highest BCUT2D eigenvalue weighted by atomic mass is 35.5. The number of halogens is 2. The number of nitrogens with zero attached hydrogens (tertiary/aromatic N) is 2. The van der Waals surface area contributed by atoms with Gasteiger partial charge in [-0.2, -0.15) is 5.10 Å². The molecule has 2 rings (SSSR count). The van der Waals surface area contributed by atoms with Crippen LogP contribution in [0, 0.1) is 0 Å². The smallest absolute Gasteiger partial charge is 0.276 e. The third-order valence-corrected chi connectivity index (χ3v) is 3.79. The molecule has 0 bridgehead atoms. The van der Waals surface area contributed by atoms with Gasteiger partial charge < -0.3 is 4.57 Å². The molecule has 0 radical (unpaired) electrons. The summed E-state index contributed by atoms with van der Waals surface area (Å²) in [5.74, 6) is -0.593. The first-order chi connectivity index (χ1) is 10.9. The SMILES string of the molecule is CC(C)n1cccc(C(=O)N/N=C\c2c(Cl)cccc2Cl)c1=O. The average Bonchev–Trinajstić information content (AvgIpc) is 2.50. The summed E-state index contributed by atoms with van der Waals surface area (Å²) in [6.45, 7) is 3.72. The maximum Gasteiger partial charge on any atom is 0.276 e. The van der Waals surface area contributed by atoms with Crippen molar-refractivity contribution >= 4 is 35.3 Å². The maximum absolute atomic E-state index is 12.2. The van der Waals surface area contributed by atoms with Gasteiger partial charge in [0.25, 0.3) is 11.5 Å². The number of hydrogen-bond donors (Lipinski definition) is 1. The summed E-state index contributed by atoms with van der Waals surface area (Å²) in [5.41, 5.74) is 2.45. The molecular weight excluding hydrogens is 337 g/mol. The number of benzene rings is 1. The summed E-state index contributed by atoms with van der Waals surface area (Å²) in [6.07, 6.45) is 2.98. The zero-order valence-electron chi connectivity index (χ0n) is 12.6. The standard InChI is InChI=1S/C16H15Cl2N3O2/c1-10(2)21-8-4-5-11(16(21)23)15(22)20-19-9-12-13(17)6-3-7-14(12)18/h3-10H,1-2H3,(H,20,22)/b19-9-. The fourth-order valence-electron chi connectivity index (χ4n) is 1.94. The van der Waals surface area contributed by atoms with Crippen molar-refractivity contribution in [2.24, 2.45) is 5.10 Å². The number of amides is 1. The Morgan fingerprint density at radius 2 is 1.87 bits per heavy atom. The Bertz CT molecular complexity index is 793. The molecule has 0 aliphatic heterocycles. The molecule has 0 fully saturated rings. The van der Waals surface area contributed by atoms with Gasteiger partial charge in [0.1, 0.15) is 5.56 Å². The van der Waals surface area contributed by atoms with Gasteiger partial charge in [-0.15, -0.1) is 0 Å². The highest BCUT2D eigenvalue weighted by molar-refractivity contribution is 6.38. The van der Waals surface area contributed by atoms with E-state index in [1.54, 1.807) is 30.5 Å². The molecule has 0 atom stereocenters. The number of nitrogens with one attached hydrogen (secondary N) is 1. The van der Waals surface area contributed by atoms with Crippen LogP contribution in [0.5, 0.6) is 0 Å². The number of pyridine rings is 1. The lowest BCUT2D eigenvalue weighted by atomic mass is 10.2. The fraction of sp³-hybridized carbons (Fsp3) is 0.188. The maximum atomic E-state index is 12.2. The Morgan fingerprint density at radius 1 is 1.22 bits per heavy atom. The van der Waals surface area contributed by atoms with Crippen molar-refractivity contribution in [2.75, 3.05) is 0 Å². The van der Waals surface area contributed by atoms with E-state index >= 15 is 0 Å². The zero-order chi connectivity index (χ0) is 17.0. The van der Waals surface area contributed by atoms with Crippen LogP contribution in [0.3, 0.4) is 0 Å². The van der Waals surface area contributed by atoms with Crippen LogP contribution in [-0.4, -0.2) is 16.7 Å². The molecular formula is C16H15Cl2N3O2. The molecule has 7 heteroatoms. The lowest BCUT2D eigenvalue weighted by molar-refractivity contribution is 0.0953. The van der Waals surface area contributed by atoms with Gasteiger partial charge in [-0.05, 0) is 38.1 Å². The number of aromatic nitrogens is 1. The Labute approximate surface area is 143 Å². The van der Waals surface area contributed by atoms with E-state index in [0.717, 1.165) is 0 Å². The molecule has 1 N–H and O–H groups in total. The largest absolute Gasteiger partial charge is 0.312 e. The average molecular weight is 352 g/mol. The quantitative estimate of drug-likeness (QED) is 0.676. The normalized spacial score (nSPS) is 11.2. The van der Waals surface area contributed by atoms with Crippen molar-refractivity contribution in [1.29, 1.82) is 0 Å². The van der Waals surface area contributed by atoms with Crippen molar-refractivity contribution in [3.05, 3.63) is 68.1 Å². The van der Waals surface area contributed by atoms with E-state index in [2.05, 4.69) is 10.5 Å². The summed E-state index contributed by atoms with van der Waals surface area (Å²) in [4.78, 5) is 24.3. The predicted molar refractivity (Wildman–Crippen MR) is 92.6 cm³/mol. The molecule has 23 heavy (non-hydrogen) atoms. The van der Waals surface area contributed by atoms with E-state index in [0.29, 0.717) is 15.6 Å². The topological polar surface area (TPSA) is 63.5 Å². The highest BCUT2D eigenvalue weighted by Gasteiger charge is 2.12. The van der Waals surface area contributed by atoms with Gasteiger partial charge in [-0.25, -0.2) is 5.43 Å². The minimum atomic E-state index is -0.593. The predicted octanol–water partition coefficient (Wildman–Crippen LogP) is 3.50. The van der Waals surface area contributed by atoms with Crippen molar-refractivity contribution < 1.29 is 4.79 Å². The van der Waals surface area contributed by atoms with Gasteiger partial charge in [0.2, 0.25) is 0 Å². The molecule has 0 aliphatic rings. The van der Waals surface area contributed by atoms with Gasteiger partial charge in [0, 0.05) is 17.8 Å². The monoisotopic (exact) mass is 351 g/mol. The summed E-state index contributed by atoms with van der Waals surface area (Å²) in [6, 6.07) is 8.09. The second-order valence-electron chi connectivity index (χ2n) is 5.06. The third-order valence-electron chi connectivity index (χ3n) is 3.13. The summed E-state index contributed by atoms with van der Waals surface area (Å²) >= 11 is 12.0. The molecule has 2 aromatic rings. The van der Waals surface area contributed by atoms with E-state index in [1.165, 1.54) is 16.8 Å². The molecule has 0 unspecified atom stereocenters. The van der Waals surface area contributed by atoms with Crippen LogP contribution in [0.2, 0.25) is 10.0 Å². The first-order valence-electron chi connectivity index (χ1n) is 6.90. The van der Waals surface area contributed by atoms with E-state index in [9.17, 15) is 9.59 Å². The fourth-order valence-corrected chi connectivity index (χ4v) is 2.43. The minimum absolute atomic E-state index is 0.0172. The molecule has 0 spiro atoms. The number of carbonyl (C=O) groups is 1. The summed E-state index contributed by atoms with van der Waals surface area (Å²) in [5, 5.41) is 4.64. The van der Waals surface area contributed by atoms with Crippen LogP contribution in [-0.2, 0) is 0 Å². The summed E-state index contributed by atoms with van der Waals surface area (Å²) < 4.78 is 1.48. The molecule has 1 amide bonds. The van der Waals surface area contributed by atoms with Gasteiger partial charge in [0.15, 0.2) is 0 Å². The van der Waals surface area contributed by atoms with Crippen molar-refractivity contribution in [2.45, 2.75) is 19.9 Å². The molecule has 0 aliphatic carbocycles. The molecule has 0 saturated carbocycles. The highest BCUT2D eigenvalue weighted by Crippen LogP contribution is 2.21. The Kier molecular flexibility index (Phi) is 5.58. The van der Waals surface area contributed by atoms with Crippen LogP contribution in [0.25, 0.3) is 0 Å². The Balaban J connectivity index is 2.19. The molecule has 0 saturated heterocycles. The van der Waals surface area contributed by atoms with Crippen LogP contribution in [0.4, 0.5) is 0 Å². The number of hydrazone groups is 1. The first kappa shape index (κ1) is 17.2. The Morgan fingerprint density at radius 3 is 2.48 bits per heavy atom. The first-order valence-corrected chi connectivity index (χ1v) is 7.66. The van der Waals surface area contributed by atoms with E-state index in [-0.39, 0.29) is 17.2 Å². The Hall–Kier alpha value is -2.11. The van der Waals surface area contributed by atoms with Crippen LogP contribution in [0.15, 0.2) is 46.4 Å². The molecule has 1 aromatic heterocycles. The van der Waals surface area contributed by atoms with Crippen molar-refractivity contribution in [1.82, 2.24) is 9.99 Å². The number of carbonyl (C=O) groups excluding carboxylic acids is 1.